The van der Waals surface area contributed by atoms with Crippen LogP contribution in [0.4, 0.5) is 5.82 Å². The number of nitrogens with zero attached hydrogens (tertiary/aromatic N) is 4. The minimum atomic E-state index is -4.09. The van der Waals surface area contributed by atoms with Crippen LogP contribution in [0.25, 0.3) is 0 Å². The first-order valence-corrected chi connectivity index (χ1v) is 10.4. The highest BCUT2D eigenvalue weighted by Gasteiger charge is 2.23. The number of hydrogen-bond donors (Lipinski definition) is 1. The Morgan fingerprint density at radius 1 is 1.29 bits per heavy atom. The van der Waals surface area contributed by atoms with Crippen molar-refractivity contribution in [3.05, 3.63) is 51.4 Å². The standard InChI is InChI=1S/C16H14Cl3N5O3S/c1-24-7-10(5-20-9-24)8-27-16-15(21-6-13(18)22-16)23-28(25,26)12-4-2-3-11(17)14(12)19/h2-7H,8-9H2,1H3,(H,21,23). The molecule has 0 aliphatic carbocycles. The number of nitrogens with one attached hydrogen (secondary N) is 1. The van der Waals surface area contributed by atoms with E-state index in [0.29, 0.717) is 6.67 Å². The van der Waals surface area contributed by atoms with Crippen molar-refractivity contribution in [1.29, 1.82) is 0 Å². The molecule has 0 atom stereocenters. The summed E-state index contributed by atoms with van der Waals surface area (Å²) in [5, 5.41) is 0.0469. The number of hydrogen-bond acceptors (Lipinski definition) is 7. The third-order valence-corrected chi connectivity index (χ3v) is 5.97. The number of anilines is 1. The molecule has 0 unspecified atom stereocenters. The van der Waals surface area contributed by atoms with Gasteiger partial charge in [0.05, 0.1) is 16.2 Å². The fourth-order valence-corrected chi connectivity index (χ4v) is 4.16. The Morgan fingerprint density at radius 3 is 2.82 bits per heavy atom. The van der Waals surface area contributed by atoms with Gasteiger partial charge >= 0.3 is 0 Å². The van der Waals surface area contributed by atoms with Gasteiger partial charge in [-0.1, -0.05) is 40.9 Å². The average molecular weight is 463 g/mol. The Balaban J connectivity index is 1.86. The van der Waals surface area contributed by atoms with Crippen LogP contribution in [-0.2, 0) is 10.0 Å². The van der Waals surface area contributed by atoms with Gasteiger partial charge in [0.2, 0.25) is 5.82 Å². The minimum absolute atomic E-state index is 0.0437. The molecule has 8 nitrogen and oxygen atoms in total. The van der Waals surface area contributed by atoms with Crippen molar-refractivity contribution < 1.29 is 13.2 Å². The van der Waals surface area contributed by atoms with Crippen LogP contribution in [-0.4, -0.2) is 49.8 Å². The van der Waals surface area contributed by atoms with Crippen molar-refractivity contribution in [1.82, 2.24) is 14.9 Å². The number of sulfonamides is 1. The molecule has 0 saturated carbocycles. The third kappa shape index (κ3) is 4.85. The Labute approximate surface area is 176 Å². The first-order chi connectivity index (χ1) is 13.3. The maximum Gasteiger partial charge on any atom is 0.264 e. The third-order valence-electron chi connectivity index (χ3n) is 3.47. The highest BCUT2D eigenvalue weighted by Crippen LogP contribution is 2.31. The van der Waals surface area contributed by atoms with Crippen LogP contribution in [0.3, 0.4) is 0 Å². The summed E-state index contributed by atoms with van der Waals surface area (Å²) in [5.41, 5.74) is 0.766. The van der Waals surface area contributed by atoms with Crippen molar-refractivity contribution in [3.8, 4) is 5.88 Å². The molecule has 0 radical (unpaired) electrons. The molecule has 0 saturated heterocycles. The van der Waals surface area contributed by atoms with Crippen LogP contribution < -0.4 is 9.46 Å². The van der Waals surface area contributed by atoms with Gasteiger partial charge in [0, 0.05) is 25.0 Å². The molecular weight excluding hydrogens is 449 g/mol. The van der Waals surface area contributed by atoms with Crippen LogP contribution in [0.5, 0.6) is 5.88 Å². The molecule has 0 amide bonds. The molecule has 3 rings (SSSR count). The van der Waals surface area contributed by atoms with E-state index in [0.717, 1.165) is 5.57 Å². The van der Waals surface area contributed by atoms with Gasteiger partial charge in [-0.25, -0.2) is 13.4 Å². The largest absolute Gasteiger partial charge is 0.470 e. The Kier molecular flexibility index (Phi) is 6.29. The van der Waals surface area contributed by atoms with E-state index in [4.69, 9.17) is 39.5 Å². The first kappa shape index (κ1) is 20.7. The summed E-state index contributed by atoms with van der Waals surface area (Å²) in [6.45, 7) is 0.640. The summed E-state index contributed by atoms with van der Waals surface area (Å²) in [6.07, 6.45) is 4.70. The number of ether oxygens (including phenoxy) is 1. The molecule has 148 valence electrons. The molecule has 0 spiro atoms. The van der Waals surface area contributed by atoms with E-state index in [9.17, 15) is 8.42 Å². The molecule has 2 aromatic rings. The minimum Gasteiger partial charge on any atom is -0.470 e. The van der Waals surface area contributed by atoms with E-state index in [1.165, 1.54) is 24.4 Å². The van der Waals surface area contributed by atoms with Gasteiger partial charge in [0.15, 0.2) is 5.15 Å². The van der Waals surface area contributed by atoms with Gasteiger partial charge < -0.3 is 9.64 Å². The zero-order valence-corrected chi connectivity index (χ0v) is 17.5. The van der Waals surface area contributed by atoms with Crippen LogP contribution in [0.1, 0.15) is 0 Å². The predicted octanol–water partition coefficient (Wildman–Crippen LogP) is 3.47. The SMILES string of the molecule is CN1C=C(COc2nc(Cl)cnc2NS(=O)(=O)c2cccc(Cl)c2Cl)C=NC1. The van der Waals surface area contributed by atoms with E-state index < -0.39 is 10.0 Å². The fraction of sp³-hybridized carbons (Fsp3) is 0.188. The second-order valence-electron chi connectivity index (χ2n) is 5.71. The smallest absolute Gasteiger partial charge is 0.264 e. The van der Waals surface area contributed by atoms with Gasteiger partial charge in [-0.15, -0.1) is 0 Å². The average Bonchev–Trinajstić information content (AvgIpc) is 2.64. The summed E-state index contributed by atoms with van der Waals surface area (Å²) < 4.78 is 33.3. The van der Waals surface area contributed by atoms with Crippen molar-refractivity contribution in [2.75, 3.05) is 25.0 Å². The number of halogens is 3. The second-order valence-corrected chi connectivity index (χ2v) is 8.53. The first-order valence-electron chi connectivity index (χ1n) is 7.79. The summed E-state index contributed by atoms with van der Waals surface area (Å²) >= 11 is 17.8. The van der Waals surface area contributed by atoms with Crippen LogP contribution in [0, 0.1) is 0 Å². The lowest BCUT2D eigenvalue weighted by molar-refractivity contribution is 0.338. The topological polar surface area (TPSA) is 96.8 Å². The normalized spacial score (nSPS) is 14.0. The van der Waals surface area contributed by atoms with Crippen molar-refractivity contribution >= 4 is 56.9 Å². The van der Waals surface area contributed by atoms with E-state index in [2.05, 4.69) is 19.7 Å². The molecule has 0 fully saturated rings. The highest BCUT2D eigenvalue weighted by molar-refractivity contribution is 7.92. The quantitative estimate of drug-likeness (QED) is 0.706. The molecule has 12 heteroatoms. The van der Waals surface area contributed by atoms with Crippen LogP contribution >= 0.6 is 34.8 Å². The number of benzene rings is 1. The summed E-state index contributed by atoms with van der Waals surface area (Å²) in [5.74, 6) is -0.223. The van der Waals surface area contributed by atoms with Crippen LogP contribution in [0.15, 0.2) is 46.1 Å². The zero-order chi connectivity index (χ0) is 20.3. The maximum atomic E-state index is 12.7. The van der Waals surface area contributed by atoms with Gasteiger partial charge in [-0.3, -0.25) is 9.71 Å². The fourth-order valence-electron chi connectivity index (χ4n) is 2.27. The summed E-state index contributed by atoms with van der Waals surface area (Å²) in [6, 6.07) is 4.27. The molecule has 1 aliphatic rings. The lowest BCUT2D eigenvalue weighted by atomic mass is 10.3. The lowest BCUT2D eigenvalue weighted by Crippen LogP contribution is -2.19. The summed E-state index contributed by atoms with van der Waals surface area (Å²) in [4.78, 5) is 13.8. The number of aliphatic imine (C=N–C) groups is 1. The Bertz CT molecular complexity index is 1060. The molecule has 1 aromatic heterocycles. The van der Waals surface area contributed by atoms with Crippen molar-refractivity contribution in [3.63, 3.8) is 0 Å². The monoisotopic (exact) mass is 461 g/mol. The molecule has 1 N–H and O–H groups in total. The van der Waals surface area contributed by atoms with E-state index in [-0.39, 0.29) is 38.4 Å². The molecule has 1 aliphatic heterocycles. The molecule has 2 heterocycles. The van der Waals surface area contributed by atoms with Gasteiger partial charge in [0.25, 0.3) is 15.9 Å². The Morgan fingerprint density at radius 2 is 2.07 bits per heavy atom. The van der Waals surface area contributed by atoms with E-state index in [1.807, 2.05) is 18.1 Å². The predicted molar refractivity (Wildman–Crippen MR) is 109 cm³/mol. The van der Waals surface area contributed by atoms with Gasteiger partial charge in [0.1, 0.15) is 18.2 Å². The van der Waals surface area contributed by atoms with Gasteiger partial charge in [-0.2, -0.15) is 4.98 Å². The van der Waals surface area contributed by atoms with Crippen LogP contribution in [0.2, 0.25) is 15.2 Å². The summed E-state index contributed by atoms with van der Waals surface area (Å²) in [7, 11) is -2.23. The maximum absolute atomic E-state index is 12.7. The molecule has 28 heavy (non-hydrogen) atoms. The molecular formula is C16H14Cl3N5O3S. The zero-order valence-electron chi connectivity index (χ0n) is 14.4. The highest BCUT2D eigenvalue weighted by atomic mass is 35.5. The molecule has 0 bridgehead atoms. The van der Waals surface area contributed by atoms with Crippen molar-refractivity contribution in [2.45, 2.75) is 4.90 Å². The number of aromatic nitrogens is 2. The molecule has 1 aromatic carbocycles. The van der Waals surface area contributed by atoms with Crippen molar-refractivity contribution in [2.24, 2.45) is 4.99 Å². The van der Waals surface area contributed by atoms with E-state index >= 15 is 0 Å². The van der Waals surface area contributed by atoms with Gasteiger partial charge in [-0.05, 0) is 12.1 Å². The lowest BCUT2D eigenvalue weighted by Gasteiger charge is -2.18. The second kappa shape index (κ2) is 8.52. The van der Waals surface area contributed by atoms with E-state index in [1.54, 1.807) is 6.21 Å². The number of rotatable bonds is 6. The Hall–Kier alpha value is -2.07.